The molecule has 3 heteroatoms. The average molecular weight is 190 g/mol. The smallest absolute Gasteiger partial charge is 0.117 e. The van der Waals surface area contributed by atoms with Crippen LogP contribution in [0.3, 0.4) is 0 Å². The molecule has 0 radical (unpaired) electrons. The number of fused-ring (bicyclic) bond motifs is 1. The minimum absolute atomic E-state index is 0.565. The number of rotatable bonds is 2. The summed E-state index contributed by atoms with van der Waals surface area (Å²) < 4.78 is 1.22. The molecule has 2 N–H and O–H groups in total. The van der Waals surface area contributed by atoms with Gasteiger partial charge in [0.25, 0.3) is 0 Å². The van der Waals surface area contributed by atoms with Gasteiger partial charge in [-0.1, -0.05) is 18.2 Å². The number of hydrogen-bond donors (Lipinski definition) is 1. The lowest BCUT2D eigenvalue weighted by Gasteiger charge is -1.80. The molecule has 0 amide bonds. The van der Waals surface area contributed by atoms with E-state index in [9.17, 15) is 0 Å². The normalized spacial score (nSPS) is 11.5. The molecule has 0 aliphatic heterocycles. The number of nitrogens with two attached hydrogens (primary N) is 1. The molecule has 0 bridgehead atoms. The number of nitrogens with zero attached hydrogens (tertiary/aromatic N) is 1. The number of benzene rings is 1. The summed E-state index contributed by atoms with van der Waals surface area (Å²) in [5.41, 5.74) is 6.42. The van der Waals surface area contributed by atoms with Gasteiger partial charge in [-0.25, -0.2) is 4.98 Å². The third kappa shape index (κ3) is 1.76. The van der Waals surface area contributed by atoms with Crippen LogP contribution in [0.2, 0.25) is 0 Å². The van der Waals surface area contributed by atoms with Crippen LogP contribution in [0, 0.1) is 0 Å². The van der Waals surface area contributed by atoms with E-state index in [0.29, 0.717) is 6.54 Å². The van der Waals surface area contributed by atoms with Crippen molar-refractivity contribution in [3.05, 3.63) is 35.3 Å². The molecule has 66 valence electrons. The van der Waals surface area contributed by atoms with E-state index < -0.39 is 0 Å². The number of aromatic nitrogens is 1. The third-order valence-corrected chi connectivity index (χ3v) is 2.71. The topological polar surface area (TPSA) is 38.9 Å². The van der Waals surface area contributed by atoms with E-state index in [-0.39, 0.29) is 0 Å². The summed E-state index contributed by atoms with van der Waals surface area (Å²) in [6.07, 6.45) is 3.88. The first-order chi connectivity index (χ1) is 6.40. The van der Waals surface area contributed by atoms with Gasteiger partial charge in [-0.15, -0.1) is 11.3 Å². The molecule has 1 aromatic heterocycles. The highest BCUT2D eigenvalue weighted by molar-refractivity contribution is 7.19. The van der Waals surface area contributed by atoms with Crippen LogP contribution < -0.4 is 5.73 Å². The first-order valence-corrected chi connectivity index (χ1v) is 4.94. The molecule has 0 fully saturated rings. The van der Waals surface area contributed by atoms with Gasteiger partial charge < -0.3 is 5.73 Å². The van der Waals surface area contributed by atoms with Crippen LogP contribution in [0.1, 0.15) is 5.01 Å². The predicted octanol–water partition coefficient (Wildman–Crippen LogP) is 2.27. The summed E-state index contributed by atoms with van der Waals surface area (Å²) in [5, 5.41) is 1.02. The average Bonchev–Trinajstić information content (AvgIpc) is 2.57. The van der Waals surface area contributed by atoms with Crippen molar-refractivity contribution in [2.75, 3.05) is 6.54 Å². The molecule has 2 aromatic rings. The van der Waals surface area contributed by atoms with Crippen molar-refractivity contribution in [2.24, 2.45) is 5.73 Å². The minimum Gasteiger partial charge on any atom is -0.327 e. The molecule has 0 spiro atoms. The van der Waals surface area contributed by atoms with Gasteiger partial charge in [-0.05, 0) is 18.2 Å². The van der Waals surface area contributed by atoms with Crippen LogP contribution in [-0.2, 0) is 0 Å². The Kier molecular flexibility index (Phi) is 2.38. The maximum absolute atomic E-state index is 5.36. The minimum atomic E-state index is 0.565. The maximum Gasteiger partial charge on any atom is 0.117 e. The van der Waals surface area contributed by atoms with Crippen molar-refractivity contribution in [2.45, 2.75) is 0 Å². The van der Waals surface area contributed by atoms with Gasteiger partial charge in [0, 0.05) is 6.54 Å². The fraction of sp³-hybridized carbons (Fsp3) is 0.100. The van der Waals surface area contributed by atoms with Crippen LogP contribution in [-0.4, -0.2) is 11.5 Å². The first-order valence-electron chi connectivity index (χ1n) is 4.12. The fourth-order valence-electron chi connectivity index (χ4n) is 1.13. The zero-order valence-corrected chi connectivity index (χ0v) is 7.92. The van der Waals surface area contributed by atoms with E-state index >= 15 is 0 Å². The fourth-order valence-corrected chi connectivity index (χ4v) is 2.03. The first kappa shape index (κ1) is 8.41. The highest BCUT2D eigenvalue weighted by Gasteiger charge is 1.98. The molecule has 0 aliphatic rings. The largest absolute Gasteiger partial charge is 0.327 e. The summed E-state index contributed by atoms with van der Waals surface area (Å²) in [5.74, 6) is 0. The van der Waals surface area contributed by atoms with Crippen molar-refractivity contribution in [1.82, 2.24) is 4.98 Å². The van der Waals surface area contributed by atoms with E-state index in [4.69, 9.17) is 5.73 Å². The van der Waals surface area contributed by atoms with E-state index in [1.807, 2.05) is 30.4 Å². The molecule has 2 nitrogen and oxygen atoms in total. The predicted molar refractivity (Wildman–Crippen MR) is 57.7 cm³/mol. The van der Waals surface area contributed by atoms with Gasteiger partial charge >= 0.3 is 0 Å². The van der Waals surface area contributed by atoms with Crippen LogP contribution in [0.15, 0.2) is 30.3 Å². The lowest BCUT2D eigenvalue weighted by atomic mass is 10.3. The number of thiazole rings is 1. The Labute approximate surface area is 80.7 Å². The van der Waals surface area contributed by atoms with Crippen LogP contribution in [0.4, 0.5) is 0 Å². The summed E-state index contributed by atoms with van der Waals surface area (Å²) >= 11 is 1.68. The van der Waals surface area contributed by atoms with Crippen molar-refractivity contribution in [3.63, 3.8) is 0 Å². The third-order valence-electron chi connectivity index (χ3n) is 1.71. The van der Waals surface area contributed by atoms with E-state index in [2.05, 4.69) is 11.1 Å². The van der Waals surface area contributed by atoms with Crippen LogP contribution in [0.5, 0.6) is 0 Å². The van der Waals surface area contributed by atoms with Gasteiger partial charge in [-0.3, -0.25) is 0 Å². The molecule has 0 atom stereocenters. The summed E-state index contributed by atoms with van der Waals surface area (Å²) in [6, 6.07) is 8.12. The standard InChI is InChI=1S/C10H10N2S/c11-7-3-6-10-12-8-4-1-2-5-9(8)13-10/h1-6H,7,11H2. The molecular weight excluding hydrogens is 180 g/mol. The monoisotopic (exact) mass is 190 g/mol. The Balaban J connectivity index is 2.44. The Bertz CT molecular complexity index is 398. The summed E-state index contributed by atoms with van der Waals surface area (Å²) in [7, 11) is 0. The van der Waals surface area contributed by atoms with E-state index in [1.165, 1.54) is 4.70 Å². The van der Waals surface area contributed by atoms with Gasteiger partial charge in [0.15, 0.2) is 0 Å². The molecular formula is C10H10N2S. The van der Waals surface area contributed by atoms with E-state index in [0.717, 1.165) is 10.5 Å². The number of hydrogen-bond acceptors (Lipinski definition) is 3. The molecule has 1 aromatic carbocycles. The lowest BCUT2D eigenvalue weighted by molar-refractivity contribution is 1.26. The van der Waals surface area contributed by atoms with Crippen LogP contribution in [0.25, 0.3) is 16.3 Å². The van der Waals surface area contributed by atoms with Crippen molar-refractivity contribution < 1.29 is 0 Å². The SMILES string of the molecule is NCC=Cc1nc2ccccc2s1. The second-order valence-corrected chi connectivity index (χ2v) is 3.72. The Morgan fingerprint density at radius 1 is 1.38 bits per heavy atom. The molecule has 13 heavy (non-hydrogen) atoms. The van der Waals surface area contributed by atoms with Gasteiger partial charge in [0.05, 0.1) is 10.2 Å². The van der Waals surface area contributed by atoms with Crippen molar-refractivity contribution >= 4 is 27.6 Å². The quantitative estimate of drug-likeness (QED) is 0.789. The molecule has 2 rings (SSSR count). The van der Waals surface area contributed by atoms with Gasteiger partial charge in [0.1, 0.15) is 5.01 Å². The second kappa shape index (κ2) is 3.68. The Morgan fingerprint density at radius 3 is 3.00 bits per heavy atom. The Hall–Kier alpha value is -1.19. The summed E-state index contributed by atoms with van der Waals surface area (Å²) in [6.45, 7) is 0.565. The number of para-hydroxylation sites is 1. The zero-order chi connectivity index (χ0) is 9.10. The second-order valence-electron chi connectivity index (χ2n) is 2.66. The molecule has 1 heterocycles. The molecule has 0 unspecified atom stereocenters. The van der Waals surface area contributed by atoms with Gasteiger partial charge in [0.2, 0.25) is 0 Å². The van der Waals surface area contributed by atoms with E-state index in [1.54, 1.807) is 11.3 Å². The van der Waals surface area contributed by atoms with Crippen molar-refractivity contribution in [1.29, 1.82) is 0 Å². The molecule has 0 saturated heterocycles. The Morgan fingerprint density at radius 2 is 2.23 bits per heavy atom. The molecule has 0 saturated carbocycles. The summed E-state index contributed by atoms with van der Waals surface area (Å²) in [4.78, 5) is 4.43. The van der Waals surface area contributed by atoms with Gasteiger partial charge in [-0.2, -0.15) is 0 Å². The highest BCUT2D eigenvalue weighted by atomic mass is 32.1. The van der Waals surface area contributed by atoms with Crippen molar-refractivity contribution in [3.8, 4) is 0 Å². The highest BCUT2D eigenvalue weighted by Crippen LogP contribution is 2.21. The lowest BCUT2D eigenvalue weighted by Crippen LogP contribution is -1.91. The molecule has 0 aliphatic carbocycles. The maximum atomic E-state index is 5.36. The van der Waals surface area contributed by atoms with Crippen LogP contribution >= 0.6 is 11.3 Å². The zero-order valence-electron chi connectivity index (χ0n) is 7.10.